The van der Waals surface area contributed by atoms with Gasteiger partial charge >= 0.3 is 5.97 Å². The summed E-state index contributed by atoms with van der Waals surface area (Å²) in [7, 11) is 3.05. The van der Waals surface area contributed by atoms with Crippen molar-refractivity contribution in [3.8, 4) is 5.75 Å². The van der Waals surface area contributed by atoms with Crippen LogP contribution >= 0.6 is 11.3 Å². The van der Waals surface area contributed by atoms with Gasteiger partial charge in [-0.25, -0.2) is 0 Å². The van der Waals surface area contributed by atoms with E-state index >= 15 is 0 Å². The van der Waals surface area contributed by atoms with Gasteiger partial charge in [0.05, 0.1) is 25.9 Å². The van der Waals surface area contributed by atoms with E-state index in [0.717, 1.165) is 22.4 Å². The van der Waals surface area contributed by atoms with Crippen LogP contribution in [-0.4, -0.2) is 54.6 Å². The molecule has 0 bridgehead atoms. The first-order valence-corrected chi connectivity index (χ1v) is 9.96. The predicted molar refractivity (Wildman–Crippen MR) is 107 cm³/mol. The van der Waals surface area contributed by atoms with Gasteiger partial charge in [-0.15, -0.1) is 11.3 Å². The molecule has 3 rings (SSSR count). The number of hydrogen-bond donors (Lipinski definition) is 1. The highest BCUT2D eigenvalue weighted by molar-refractivity contribution is 7.11. The van der Waals surface area contributed by atoms with Crippen LogP contribution in [0, 0.1) is 13.8 Å². The molecule has 0 unspecified atom stereocenters. The van der Waals surface area contributed by atoms with Crippen molar-refractivity contribution >= 4 is 23.2 Å². The van der Waals surface area contributed by atoms with E-state index in [0.29, 0.717) is 24.4 Å². The number of ether oxygens (including phenoxy) is 2. The zero-order chi connectivity index (χ0) is 20.3. The Bertz CT molecular complexity index is 853. The molecule has 0 spiro atoms. The van der Waals surface area contributed by atoms with Gasteiger partial charge < -0.3 is 14.8 Å². The lowest BCUT2D eigenvalue weighted by molar-refractivity contribution is -0.146. The Morgan fingerprint density at radius 3 is 2.71 bits per heavy atom. The summed E-state index contributed by atoms with van der Waals surface area (Å²) in [5.74, 6) is 0.411. The van der Waals surface area contributed by atoms with Crippen LogP contribution in [-0.2, 0) is 16.1 Å². The van der Waals surface area contributed by atoms with Crippen LogP contribution in [0.25, 0.3) is 0 Å². The van der Waals surface area contributed by atoms with E-state index in [4.69, 9.17) is 9.47 Å². The molecular formula is C20H25N3O4S. The van der Waals surface area contributed by atoms with Gasteiger partial charge in [-0.3, -0.25) is 19.5 Å². The van der Waals surface area contributed by atoms with Crippen molar-refractivity contribution in [2.45, 2.75) is 38.9 Å². The standard InChI is InChI=1S/C20H25N3O4S/c1-12-13(2)17(26-3)6-5-14(12)9-23-10-15(7-16(23)20(25)27-4)22-19(24)18-8-21-11-28-18/h5-6,8,11,15-16H,7,9-10H2,1-4H3,(H,22,24)/t15-,16+/m1/s1. The Hall–Kier alpha value is -2.45. The predicted octanol–water partition coefficient (Wildman–Crippen LogP) is 2.31. The Balaban J connectivity index is 1.75. The lowest BCUT2D eigenvalue weighted by Gasteiger charge is -2.24. The molecule has 0 radical (unpaired) electrons. The number of aromatic nitrogens is 1. The number of thiazole rings is 1. The summed E-state index contributed by atoms with van der Waals surface area (Å²) >= 11 is 1.30. The molecule has 2 aromatic rings. The second-order valence-electron chi connectivity index (χ2n) is 6.92. The van der Waals surface area contributed by atoms with Gasteiger partial charge in [0.1, 0.15) is 16.7 Å². The van der Waals surface area contributed by atoms with E-state index in [1.54, 1.807) is 18.8 Å². The van der Waals surface area contributed by atoms with E-state index in [1.807, 2.05) is 19.1 Å². The van der Waals surface area contributed by atoms with Crippen molar-refractivity contribution in [3.63, 3.8) is 0 Å². The molecule has 0 aliphatic carbocycles. The maximum atomic E-state index is 12.4. The molecule has 0 saturated carbocycles. The lowest BCUT2D eigenvalue weighted by Crippen LogP contribution is -2.37. The highest BCUT2D eigenvalue weighted by atomic mass is 32.1. The van der Waals surface area contributed by atoms with Crippen molar-refractivity contribution in [1.82, 2.24) is 15.2 Å². The largest absolute Gasteiger partial charge is 0.496 e. The molecular weight excluding hydrogens is 378 g/mol. The number of carbonyl (C=O) groups excluding carboxylic acids is 2. The topological polar surface area (TPSA) is 80.8 Å². The third-order valence-electron chi connectivity index (χ3n) is 5.31. The number of carbonyl (C=O) groups is 2. The summed E-state index contributed by atoms with van der Waals surface area (Å²) in [5.41, 5.74) is 4.98. The number of likely N-dealkylation sites (tertiary alicyclic amines) is 1. The van der Waals surface area contributed by atoms with E-state index < -0.39 is 6.04 Å². The molecule has 1 fully saturated rings. The second-order valence-corrected chi connectivity index (χ2v) is 7.80. The van der Waals surface area contributed by atoms with Gasteiger partial charge in [-0.05, 0) is 43.0 Å². The van der Waals surface area contributed by atoms with Crippen molar-refractivity contribution < 1.29 is 19.1 Å². The maximum Gasteiger partial charge on any atom is 0.323 e. The molecule has 8 heteroatoms. The van der Waals surface area contributed by atoms with E-state index in [9.17, 15) is 9.59 Å². The molecule has 1 aliphatic rings. The first kappa shape index (κ1) is 20.3. The highest BCUT2D eigenvalue weighted by Crippen LogP contribution is 2.28. The summed E-state index contributed by atoms with van der Waals surface area (Å²) in [4.78, 5) is 31.2. The fourth-order valence-electron chi connectivity index (χ4n) is 3.61. The van der Waals surface area contributed by atoms with Gasteiger partial charge in [0.25, 0.3) is 5.91 Å². The summed E-state index contributed by atoms with van der Waals surface area (Å²) in [6, 6.07) is 3.46. The third kappa shape index (κ3) is 4.18. The summed E-state index contributed by atoms with van der Waals surface area (Å²) < 4.78 is 10.4. The fourth-order valence-corrected chi connectivity index (χ4v) is 4.13. The summed E-state index contributed by atoms with van der Waals surface area (Å²) in [6.45, 7) is 5.26. The molecule has 1 aromatic carbocycles. The lowest BCUT2D eigenvalue weighted by atomic mass is 10.0. The fraction of sp³-hybridized carbons (Fsp3) is 0.450. The molecule has 150 valence electrons. The molecule has 2 heterocycles. The molecule has 1 saturated heterocycles. The average molecular weight is 404 g/mol. The van der Waals surface area contributed by atoms with Crippen LogP contribution < -0.4 is 10.1 Å². The van der Waals surface area contributed by atoms with Gasteiger partial charge in [0, 0.05) is 19.1 Å². The Kier molecular flexibility index (Phi) is 6.31. The maximum absolute atomic E-state index is 12.4. The minimum Gasteiger partial charge on any atom is -0.496 e. The number of esters is 1. The molecule has 1 aliphatic heterocycles. The molecule has 7 nitrogen and oxygen atoms in total. The number of nitrogens with zero attached hydrogens (tertiary/aromatic N) is 2. The van der Waals surface area contributed by atoms with Crippen LogP contribution in [0.4, 0.5) is 0 Å². The van der Waals surface area contributed by atoms with Gasteiger partial charge in [0.15, 0.2) is 0 Å². The smallest absolute Gasteiger partial charge is 0.323 e. The van der Waals surface area contributed by atoms with E-state index in [2.05, 4.69) is 22.1 Å². The normalized spacial score (nSPS) is 19.4. The van der Waals surface area contributed by atoms with E-state index in [1.165, 1.54) is 18.4 Å². The van der Waals surface area contributed by atoms with Gasteiger partial charge in [-0.1, -0.05) is 6.07 Å². The van der Waals surface area contributed by atoms with Crippen molar-refractivity contribution in [2.24, 2.45) is 0 Å². The molecule has 1 N–H and O–H groups in total. The monoisotopic (exact) mass is 403 g/mol. The Morgan fingerprint density at radius 1 is 1.29 bits per heavy atom. The number of rotatable bonds is 6. The first-order valence-electron chi connectivity index (χ1n) is 9.08. The van der Waals surface area contributed by atoms with Crippen LogP contribution in [0.1, 0.15) is 32.8 Å². The molecule has 1 aromatic heterocycles. The van der Waals surface area contributed by atoms with Crippen LogP contribution in [0.3, 0.4) is 0 Å². The zero-order valence-corrected chi connectivity index (χ0v) is 17.3. The second kappa shape index (κ2) is 8.70. The number of benzene rings is 1. The highest BCUT2D eigenvalue weighted by Gasteiger charge is 2.38. The Morgan fingerprint density at radius 2 is 2.07 bits per heavy atom. The van der Waals surface area contributed by atoms with E-state index in [-0.39, 0.29) is 17.9 Å². The Labute approximate surface area is 168 Å². The van der Waals surface area contributed by atoms with Gasteiger partial charge in [0.2, 0.25) is 0 Å². The SMILES string of the molecule is COC(=O)[C@@H]1C[C@@H](NC(=O)c2cncs2)CN1Cc1ccc(OC)c(C)c1C. The van der Waals surface area contributed by atoms with Crippen molar-refractivity contribution in [3.05, 3.63) is 45.4 Å². The van der Waals surface area contributed by atoms with Crippen molar-refractivity contribution in [1.29, 1.82) is 0 Å². The quantitative estimate of drug-likeness (QED) is 0.746. The molecule has 2 atom stereocenters. The number of amides is 1. The van der Waals surface area contributed by atoms with Crippen LogP contribution in [0.5, 0.6) is 5.75 Å². The minimum absolute atomic E-state index is 0.127. The third-order valence-corrected chi connectivity index (χ3v) is 6.08. The van der Waals surface area contributed by atoms with Crippen LogP contribution in [0.15, 0.2) is 23.8 Å². The van der Waals surface area contributed by atoms with Gasteiger partial charge in [-0.2, -0.15) is 0 Å². The zero-order valence-electron chi connectivity index (χ0n) is 16.5. The number of nitrogens with one attached hydrogen (secondary N) is 1. The molecule has 28 heavy (non-hydrogen) atoms. The minimum atomic E-state index is -0.390. The number of hydrogen-bond acceptors (Lipinski definition) is 7. The first-order chi connectivity index (χ1) is 13.4. The van der Waals surface area contributed by atoms with Crippen molar-refractivity contribution in [2.75, 3.05) is 20.8 Å². The number of methoxy groups -OCH3 is 2. The summed E-state index contributed by atoms with van der Waals surface area (Å²) in [5, 5.41) is 3.01. The van der Waals surface area contributed by atoms with Crippen LogP contribution in [0.2, 0.25) is 0 Å². The summed E-state index contributed by atoms with van der Waals surface area (Å²) in [6.07, 6.45) is 2.07. The molecule has 1 amide bonds. The average Bonchev–Trinajstić information content (AvgIpc) is 3.35.